The van der Waals surface area contributed by atoms with Crippen molar-refractivity contribution >= 4 is 23.5 Å². The van der Waals surface area contributed by atoms with Gasteiger partial charge in [-0.3, -0.25) is 5.32 Å². The molecule has 136 valence electrons. The zero-order valence-electron chi connectivity index (χ0n) is 13.5. The number of amides is 1. The van der Waals surface area contributed by atoms with Crippen LogP contribution in [0.25, 0.3) is 0 Å². The molecule has 0 aromatic heterocycles. The van der Waals surface area contributed by atoms with Crippen LogP contribution in [0.5, 0.6) is 0 Å². The number of halogens is 3. The molecule has 1 amide bonds. The molecule has 0 radical (unpaired) electrons. The highest BCUT2D eigenvalue weighted by Crippen LogP contribution is 2.35. The Labute approximate surface area is 153 Å². The van der Waals surface area contributed by atoms with E-state index < -0.39 is 17.8 Å². The van der Waals surface area contributed by atoms with E-state index in [1.54, 1.807) is 24.3 Å². The minimum Gasteiger partial charge on any atom is -0.444 e. The molecule has 0 atom stereocenters. The molecule has 0 aliphatic carbocycles. The number of rotatable bonds is 6. The van der Waals surface area contributed by atoms with E-state index in [9.17, 15) is 18.0 Å². The van der Waals surface area contributed by atoms with Gasteiger partial charge in [0.25, 0.3) is 0 Å². The fourth-order valence-electron chi connectivity index (χ4n) is 2.01. The topological polar surface area (TPSA) is 62.1 Å². The molecule has 8 heteroatoms. The number of nitriles is 1. The van der Waals surface area contributed by atoms with Gasteiger partial charge in [0.15, 0.2) is 0 Å². The molecule has 0 unspecified atom stereocenters. The average molecular weight is 380 g/mol. The number of nitrogens with zero attached hydrogens (tertiary/aromatic N) is 1. The molecule has 0 saturated heterocycles. The van der Waals surface area contributed by atoms with Crippen LogP contribution in [-0.2, 0) is 17.5 Å². The molecule has 0 fully saturated rings. The van der Waals surface area contributed by atoms with Crippen molar-refractivity contribution in [3.05, 3.63) is 59.7 Å². The largest absolute Gasteiger partial charge is 0.444 e. The summed E-state index contributed by atoms with van der Waals surface area (Å²) in [7, 11) is 0. The van der Waals surface area contributed by atoms with E-state index in [4.69, 9.17) is 10.00 Å². The summed E-state index contributed by atoms with van der Waals surface area (Å²) in [6.45, 7) is 0.00252. The molecular formula is C18H15F3N2O2S. The van der Waals surface area contributed by atoms with Gasteiger partial charge in [0.2, 0.25) is 0 Å². The van der Waals surface area contributed by atoms with Crippen LogP contribution >= 0.6 is 11.8 Å². The molecule has 2 rings (SSSR count). The number of nitrogens with one attached hydrogen (secondary N) is 1. The fourth-order valence-corrected chi connectivity index (χ4v) is 2.85. The average Bonchev–Trinajstić information content (AvgIpc) is 2.61. The summed E-state index contributed by atoms with van der Waals surface area (Å²) < 4.78 is 43.8. The lowest BCUT2D eigenvalue weighted by Crippen LogP contribution is -2.15. The second-order valence-corrected chi connectivity index (χ2v) is 6.29. The van der Waals surface area contributed by atoms with Crippen molar-refractivity contribution in [1.82, 2.24) is 0 Å². The molecule has 4 nitrogen and oxygen atoms in total. The number of hydrogen-bond donors (Lipinski definition) is 1. The summed E-state index contributed by atoms with van der Waals surface area (Å²) >= 11 is 1.19. The van der Waals surface area contributed by atoms with E-state index in [0.717, 1.165) is 17.7 Å². The van der Waals surface area contributed by atoms with Gasteiger partial charge < -0.3 is 4.74 Å². The molecule has 0 aliphatic rings. The Morgan fingerprint density at radius 1 is 1.19 bits per heavy atom. The molecule has 26 heavy (non-hydrogen) atoms. The van der Waals surface area contributed by atoms with E-state index in [1.165, 1.54) is 17.8 Å². The fraction of sp³-hybridized carbons (Fsp3) is 0.222. The number of hydrogen-bond acceptors (Lipinski definition) is 4. The summed E-state index contributed by atoms with van der Waals surface area (Å²) in [6, 6.07) is 13.9. The van der Waals surface area contributed by atoms with E-state index >= 15 is 0 Å². The Morgan fingerprint density at radius 3 is 2.58 bits per heavy atom. The van der Waals surface area contributed by atoms with Crippen LogP contribution in [-0.4, -0.2) is 11.8 Å². The van der Waals surface area contributed by atoms with Gasteiger partial charge in [-0.1, -0.05) is 30.3 Å². The number of thioether (sulfide) groups is 1. The van der Waals surface area contributed by atoms with Gasteiger partial charge in [-0.25, -0.2) is 4.79 Å². The number of benzene rings is 2. The second-order valence-electron chi connectivity index (χ2n) is 5.15. The van der Waals surface area contributed by atoms with E-state index in [1.807, 2.05) is 12.1 Å². The molecule has 2 aromatic carbocycles. The summed E-state index contributed by atoms with van der Waals surface area (Å²) in [5, 5.41) is 10.9. The van der Waals surface area contributed by atoms with E-state index in [2.05, 4.69) is 5.32 Å². The van der Waals surface area contributed by atoms with Crippen molar-refractivity contribution in [2.75, 3.05) is 11.1 Å². The van der Waals surface area contributed by atoms with Crippen LogP contribution < -0.4 is 5.32 Å². The third-order valence-corrected chi connectivity index (χ3v) is 4.30. The van der Waals surface area contributed by atoms with Crippen LogP contribution in [0.15, 0.2) is 53.4 Å². The summed E-state index contributed by atoms with van der Waals surface area (Å²) in [5.74, 6) is 0.398. The highest BCUT2D eigenvalue weighted by Gasteiger charge is 2.31. The maximum absolute atomic E-state index is 12.9. The number of anilines is 1. The zero-order chi connectivity index (χ0) is 19.0. The normalized spacial score (nSPS) is 10.8. The Hall–Kier alpha value is -2.66. The van der Waals surface area contributed by atoms with Crippen molar-refractivity contribution in [2.45, 2.75) is 24.1 Å². The minimum atomic E-state index is -4.53. The first kappa shape index (κ1) is 19.7. The van der Waals surface area contributed by atoms with Gasteiger partial charge in [0.05, 0.1) is 17.3 Å². The monoisotopic (exact) mass is 380 g/mol. The van der Waals surface area contributed by atoms with E-state index in [-0.39, 0.29) is 18.7 Å². The van der Waals surface area contributed by atoms with Crippen molar-refractivity contribution < 1.29 is 22.7 Å². The maximum Gasteiger partial charge on any atom is 0.416 e. The maximum atomic E-state index is 12.9. The van der Waals surface area contributed by atoms with Gasteiger partial charge in [0, 0.05) is 17.1 Å². The van der Waals surface area contributed by atoms with Crippen molar-refractivity contribution in [3.63, 3.8) is 0 Å². The predicted molar refractivity (Wildman–Crippen MR) is 92.6 cm³/mol. The zero-order valence-corrected chi connectivity index (χ0v) is 14.4. The van der Waals surface area contributed by atoms with Gasteiger partial charge in [0.1, 0.15) is 6.61 Å². The Balaban J connectivity index is 2.10. The van der Waals surface area contributed by atoms with Crippen molar-refractivity contribution in [2.24, 2.45) is 0 Å². The standard InChI is InChI=1S/C18H15F3N2O2S/c19-18(20,21)14-7-8-16(26-10-4-9-22)15(11-14)23-17(24)25-12-13-5-2-1-3-6-13/h1-3,5-8,11H,4,10,12H2,(H,23,24). The van der Waals surface area contributed by atoms with Crippen LogP contribution in [0, 0.1) is 11.3 Å². The lowest BCUT2D eigenvalue weighted by atomic mass is 10.2. The van der Waals surface area contributed by atoms with Gasteiger partial charge in [-0.05, 0) is 23.8 Å². The number of ether oxygens (including phenoxy) is 1. The first-order chi connectivity index (χ1) is 12.4. The predicted octanol–water partition coefficient (Wildman–Crippen LogP) is 5.46. The SMILES string of the molecule is N#CCCSc1ccc(C(F)(F)F)cc1NC(=O)OCc1ccccc1. The molecule has 1 N–H and O–H groups in total. The highest BCUT2D eigenvalue weighted by atomic mass is 32.2. The van der Waals surface area contributed by atoms with Crippen LogP contribution in [0.4, 0.5) is 23.7 Å². The smallest absolute Gasteiger partial charge is 0.416 e. The Bertz CT molecular complexity index is 789. The number of carbonyl (C=O) groups excluding carboxylic acids is 1. The molecule has 0 spiro atoms. The molecule has 0 heterocycles. The third kappa shape index (κ3) is 6.01. The van der Waals surface area contributed by atoms with Crippen molar-refractivity contribution in [1.29, 1.82) is 5.26 Å². The lowest BCUT2D eigenvalue weighted by molar-refractivity contribution is -0.137. The Morgan fingerprint density at radius 2 is 1.92 bits per heavy atom. The quantitative estimate of drug-likeness (QED) is 0.534. The molecule has 0 aliphatic heterocycles. The Kier molecular flexibility index (Phi) is 6.92. The van der Waals surface area contributed by atoms with Crippen LogP contribution in [0.3, 0.4) is 0 Å². The molecule has 0 saturated carbocycles. The summed E-state index contributed by atoms with van der Waals surface area (Å²) in [6.07, 6.45) is -5.14. The lowest BCUT2D eigenvalue weighted by Gasteiger charge is -2.14. The molecular weight excluding hydrogens is 365 g/mol. The first-order valence-corrected chi connectivity index (χ1v) is 8.57. The summed E-state index contributed by atoms with van der Waals surface area (Å²) in [4.78, 5) is 12.4. The third-order valence-electron chi connectivity index (χ3n) is 3.23. The van der Waals surface area contributed by atoms with Gasteiger partial charge >= 0.3 is 12.3 Å². The highest BCUT2D eigenvalue weighted by molar-refractivity contribution is 7.99. The van der Waals surface area contributed by atoms with Gasteiger partial charge in [-0.15, -0.1) is 11.8 Å². The number of carbonyl (C=O) groups is 1. The van der Waals surface area contributed by atoms with Gasteiger partial charge in [-0.2, -0.15) is 18.4 Å². The minimum absolute atomic E-state index is 0.000765. The van der Waals surface area contributed by atoms with E-state index in [0.29, 0.717) is 10.6 Å². The number of alkyl halides is 3. The van der Waals surface area contributed by atoms with Crippen molar-refractivity contribution in [3.8, 4) is 6.07 Å². The first-order valence-electron chi connectivity index (χ1n) is 7.59. The summed E-state index contributed by atoms with van der Waals surface area (Å²) in [5.41, 5.74) is -0.114. The molecule has 0 bridgehead atoms. The molecule has 2 aromatic rings. The van der Waals surface area contributed by atoms with Crippen LogP contribution in [0.1, 0.15) is 17.5 Å². The second kappa shape index (κ2) is 9.15. The van der Waals surface area contributed by atoms with Crippen LogP contribution in [0.2, 0.25) is 0 Å².